The first-order valence-corrected chi connectivity index (χ1v) is 8.51. The second kappa shape index (κ2) is 6.52. The second-order valence-corrected chi connectivity index (χ2v) is 6.30. The SMILES string of the molecule is c1nc2n(n1)CCCC2Nc1cncc(OC2CCCCC2)n1. The van der Waals surface area contributed by atoms with Gasteiger partial charge < -0.3 is 10.1 Å². The average Bonchev–Trinajstić information content (AvgIpc) is 3.06. The summed E-state index contributed by atoms with van der Waals surface area (Å²) >= 11 is 0. The molecule has 1 N–H and O–H groups in total. The van der Waals surface area contributed by atoms with Crippen LogP contribution in [0.25, 0.3) is 0 Å². The molecule has 2 aliphatic rings. The molecule has 0 saturated heterocycles. The van der Waals surface area contributed by atoms with Crippen LogP contribution in [-0.4, -0.2) is 30.8 Å². The van der Waals surface area contributed by atoms with E-state index in [4.69, 9.17) is 4.74 Å². The Morgan fingerprint density at radius 3 is 2.91 bits per heavy atom. The summed E-state index contributed by atoms with van der Waals surface area (Å²) in [5, 5.41) is 7.67. The first-order chi connectivity index (χ1) is 11.4. The molecule has 0 spiro atoms. The van der Waals surface area contributed by atoms with Crippen LogP contribution in [0.3, 0.4) is 0 Å². The molecule has 1 aliphatic heterocycles. The molecule has 7 heteroatoms. The van der Waals surface area contributed by atoms with E-state index in [2.05, 4.69) is 25.4 Å². The highest BCUT2D eigenvalue weighted by atomic mass is 16.5. The van der Waals surface area contributed by atoms with Gasteiger partial charge >= 0.3 is 0 Å². The minimum atomic E-state index is 0.130. The molecule has 1 aliphatic carbocycles. The molecule has 1 fully saturated rings. The molecule has 0 radical (unpaired) electrons. The third-order valence-electron chi connectivity index (χ3n) is 4.59. The molecule has 1 unspecified atom stereocenters. The summed E-state index contributed by atoms with van der Waals surface area (Å²) in [7, 11) is 0. The van der Waals surface area contributed by atoms with Crippen molar-refractivity contribution in [3.63, 3.8) is 0 Å². The predicted molar refractivity (Wildman–Crippen MR) is 85.2 cm³/mol. The van der Waals surface area contributed by atoms with Crippen LogP contribution in [-0.2, 0) is 6.54 Å². The lowest BCUT2D eigenvalue weighted by atomic mass is 9.98. The molecule has 0 bridgehead atoms. The maximum absolute atomic E-state index is 5.99. The molecule has 2 aromatic rings. The Kier molecular flexibility index (Phi) is 4.08. The lowest BCUT2D eigenvalue weighted by Crippen LogP contribution is -2.23. The maximum Gasteiger partial charge on any atom is 0.234 e. The Labute approximate surface area is 135 Å². The van der Waals surface area contributed by atoms with Gasteiger partial charge in [0.15, 0.2) is 0 Å². The highest BCUT2D eigenvalue weighted by Gasteiger charge is 2.23. The van der Waals surface area contributed by atoms with Crippen LogP contribution >= 0.6 is 0 Å². The van der Waals surface area contributed by atoms with Crippen LogP contribution in [0.4, 0.5) is 5.82 Å². The average molecular weight is 314 g/mol. The van der Waals surface area contributed by atoms with E-state index in [1.54, 1.807) is 18.7 Å². The number of nitrogens with zero attached hydrogens (tertiary/aromatic N) is 5. The smallest absolute Gasteiger partial charge is 0.234 e. The number of anilines is 1. The van der Waals surface area contributed by atoms with E-state index in [1.165, 1.54) is 19.3 Å². The van der Waals surface area contributed by atoms with E-state index in [1.807, 2.05) is 4.68 Å². The number of hydrogen-bond donors (Lipinski definition) is 1. The summed E-state index contributed by atoms with van der Waals surface area (Å²) < 4.78 is 7.95. The third-order valence-corrected chi connectivity index (χ3v) is 4.59. The van der Waals surface area contributed by atoms with Gasteiger partial charge in [-0.3, -0.25) is 4.98 Å². The van der Waals surface area contributed by atoms with E-state index in [9.17, 15) is 0 Å². The van der Waals surface area contributed by atoms with Gasteiger partial charge in [-0.15, -0.1) is 0 Å². The first kappa shape index (κ1) is 14.4. The van der Waals surface area contributed by atoms with Crippen molar-refractivity contribution < 1.29 is 4.74 Å². The van der Waals surface area contributed by atoms with Gasteiger partial charge in [0.1, 0.15) is 24.1 Å². The van der Waals surface area contributed by atoms with Crippen LogP contribution in [0.2, 0.25) is 0 Å². The standard InChI is InChI=1S/C16H22N6O/c1-2-5-12(6-3-1)23-15-10-17-9-14(21-15)20-13-7-4-8-22-16(13)18-11-19-22/h9-13H,1-8H2,(H,20,21). The quantitative estimate of drug-likeness (QED) is 0.935. The molecule has 3 heterocycles. The monoisotopic (exact) mass is 314 g/mol. The topological polar surface area (TPSA) is 77.8 Å². The summed E-state index contributed by atoms with van der Waals surface area (Å²) in [6.45, 7) is 0.935. The molecule has 4 rings (SSSR count). The molecule has 1 saturated carbocycles. The van der Waals surface area contributed by atoms with Gasteiger partial charge in [0.2, 0.25) is 5.88 Å². The number of hydrogen-bond acceptors (Lipinski definition) is 6. The largest absolute Gasteiger partial charge is 0.473 e. The van der Waals surface area contributed by atoms with Crippen molar-refractivity contribution >= 4 is 5.82 Å². The molecule has 0 aromatic carbocycles. The zero-order valence-electron chi connectivity index (χ0n) is 13.2. The number of nitrogens with one attached hydrogen (secondary N) is 1. The molecule has 2 aromatic heterocycles. The van der Waals surface area contributed by atoms with Crippen molar-refractivity contribution in [2.75, 3.05) is 5.32 Å². The molecule has 0 amide bonds. The van der Waals surface area contributed by atoms with Gasteiger partial charge in [-0.1, -0.05) is 6.42 Å². The number of fused-ring (bicyclic) bond motifs is 1. The summed E-state index contributed by atoms with van der Waals surface area (Å²) in [4.78, 5) is 13.2. The normalized spacial score (nSPS) is 21.7. The van der Waals surface area contributed by atoms with Crippen molar-refractivity contribution in [3.8, 4) is 5.88 Å². The number of rotatable bonds is 4. The van der Waals surface area contributed by atoms with Gasteiger partial charge in [-0.25, -0.2) is 9.67 Å². The van der Waals surface area contributed by atoms with Crippen molar-refractivity contribution in [2.45, 2.75) is 63.6 Å². The Morgan fingerprint density at radius 1 is 1.09 bits per heavy atom. The molecule has 122 valence electrons. The zero-order chi connectivity index (χ0) is 15.5. The second-order valence-electron chi connectivity index (χ2n) is 6.30. The zero-order valence-corrected chi connectivity index (χ0v) is 13.2. The first-order valence-electron chi connectivity index (χ1n) is 8.51. The van der Waals surface area contributed by atoms with E-state index in [-0.39, 0.29) is 12.1 Å². The van der Waals surface area contributed by atoms with Crippen LogP contribution in [0.5, 0.6) is 5.88 Å². The fourth-order valence-corrected chi connectivity index (χ4v) is 3.43. The van der Waals surface area contributed by atoms with E-state index >= 15 is 0 Å². The van der Waals surface area contributed by atoms with Gasteiger partial charge in [0, 0.05) is 6.54 Å². The lowest BCUT2D eigenvalue weighted by molar-refractivity contribution is 0.148. The summed E-state index contributed by atoms with van der Waals surface area (Å²) in [5.74, 6) is 2.32. The number of aryl methyl sites for hydroxylation is 1. The van der Waals surface area contributed by atoms with Crippen LogP contribution in [0, 0.1) is 0 Å². The summed E-state index contributed by atoms with van der Waals surface area (Å²) in [6, 6.07) is 0.130. The van der Waals surface area contributed by atoms with Gasteiger partial charge in [0.25, 0.3) is 0 Å². The van der Waals surface area contributed by atoms with Crippen molar-refractivity contribution in [1.82, 2.24) is 24.7 Å². The summed E-state index contributed by atoms with van der Waals surface area (Å²) in [6.07, 6.45) is 13.5. The third kappa shape index (κ3) is 3.28. The van der Waals surface area contributed by atoms with Gasteiger partial charge in [0.05, 0.1) is 18.4 Å². The fourth-order valence-electron chi connectivity index (χ4n) is 3.43. The molecular weight excluding hydrogens is 292 g/mol. The fraction of sp³-hybridized carbons (Fsp3) is 0.625. The predicted octanol–water partition coefficient (Wildman–Crippen LogP) is 2.73. The highest BCUT2D eigenvalue weighted by molar-refractivity contribution is 5.36. The van der Waals surface area contributed by atoms with Gasteiger partial charge in [-0.05, 0) is 38.5 Å². The number of ether oxygens (including phenoxy) is 1. The van der Waals surface area contributed by atoms with E-state index in [0.29, 0.717) is 5.88 Å². The van der Waals surface area contributed by atoms with Crippen LogP contribution in [0.15, 0.2) is 18.7 Å². The van der Waals surface area contributed by atoms with E-state index < -0.39 is 0 Å². The Hall–Kier alpha value is -2.18. The Morgan fingerprint density at radius 2 is 2.00 bits per heavy atom. The van der Waals surface area contributed by atoms with Crippen LogP contribution in [0.1, 0.15) is 56.8 Å². The van der Waals surface area contributed by atoms with Crippen molar-refractivity contribution in [3.05, 3.63) is 24.5 Å². The van der Waals surface area contributed by atoms with Crippen LogP contribution < -0.4 is 10.1 Å². The molecular formula is C16H22N6O. The maximum atomic E-state index is 5.99. The van der Waals surface area contributed by atoms with Crippen molar-refractivity contribution in [2.24, 2.45) is 0 Å². The Balaban J connectivity index is 1.45. The Bertz CT molecular complexity index is 652. The minimum absolute atomic E-state index is 0.130. The highest BCUT2D eigenvalue weighted by Crippen LogP contribution is 2.27. The lowest BCUT2D eigenvalue weighted by Gasteiger charge is -2.24. The van der Waals surface area contributed by atoms with Gasteiger partial charge in [-0.2, -0.15) is 10.1 Å². The molecule has 1 atom stereocenters. The minimum Gasteiger partial charge on any atom is -0.473 e. The number of aromatic nitrogens is 5. The molecule has 7 nitrogen and oxygen atoms in total. The van der Waals surface area contributed by atoms with E-state index in [0.717, 1.165) is 43.9 Å². The summed E-state index contributed by atoms with van der Waals surface area (Å²) in [5.41, 5.74) is 0. The molecule has 23 heavy (non-hydrogen) atoms. The van der Waals surface area contributed by atoms with Crippen molar-refractivity contribution in [1.29, 1.82) is 0 Å².